The number of amides is 1. The third-order valence-electron chi connectivity index (χ3n) is 6.45. The van der Waals surface area contributed by atoms with E-state index in [0.29, 0.717) is 33.9 Å². The Bertz CT molecular complexity index is 1580. The molecule has 0 aliphatic heterocycles. The number of anilines is 4. The monoisotopic (exact) mass is 542 g/mol. The normalized spacial score (nSPS) is 11.0. The van der Waals surface area contributed by atoms with Crippen molar-refractivity contribution in [1.29, 1.82) is 0 Å². The molecule has 11 nitrogen and oxygen atoms in total. The zero-order valence-corrected chi connectivity index (χ0v) is 23.6. The molecule has 1 aromatic carbocycles. The van der Waals surface area contributed by atoms with Crippen molar-refractivity contribution in [2.24, 2.45) is 7.05 Å². The van der Waals surface area contributed by atoms with Gasteiger partial charge in [-0.1, -0.05) is 6.58 Å². The van der Waals surface area contributed by atoms with Gasteiger partial charge in [0.05, 0.1) is 35.4 Å². The second-order valence-electron chi connectivity index (χ2n) is 9.69. The summed E-state index contributed by atoms with van der Waals surface area (Å²) in [5.74, 6) is 0.274. The Morgan fingerprint density at radius 1 is 1.10 bits per heavy atom. The number of carbonyl (C=O) groups excluding carboxylic acids is 2. The molecule has 0 aliphatic rings. The first-order valence-electron chi connectivity index (χ1n) is 12.7. The molecular formula is C29H34N8O3. The molecule has 3 heterocycles. The van der Waals surface area contributed by atoms with E-state index >= 15 is 0 Å². The van der Waals surface area contributed by atoms with Crippen LogP contribution >= 0.6 is 0 Å². The predicted octanol–water partition coefficient (Wildman–Crippen LogP) is 4.11. The third kappa shape index (κ3) is 6.10. The number of benzene rings is 1. The first-order valence-corrected chi connectivity index (χ1v) is 12.7. The first-order chi connectivity index (χ1) is 19.1. The van der Waals surface area contributed by atoms with Crippen LogP contribution in [0, 0.1) is 0 Å². The zero-order valence-electron chi connectivity index (χ0n) is 23.6. The van der Waals surface area contributed by atoms with Gasteiger partial charge in [-0.05, 0) is 45.3 Å². The summed E-state index contributed by atoms with van der Waals surface area (Å²) in [4.78, 5) is 42.5. The van der Waals surface area contributed by atoms with Gasteiger partial charge in [0.1, 0.15) is 11.4 Å². The number of rotatable bonds is 11. The first kappa shape index (κ1) is 28.2. The van der Waals surface area contributed by atoms with Crippen molar-refractivity contribution in [2.45, 2.75) is 6.92 Å². The zero-order chi connectivity index (χ0) is 29.0. The van der Waals surface area contributed by atoms with Gasteiger partial charge in [0.2, 0.25) is 11.9 Å². The Balaban J connectivity index is 1.76. The van der Waals surface area contributed by atoms with E-state index in [1.165, 1.54) is 19.2 Å². The Kier molecular flexibility index (Phi) is 8.44. The molecule has 3 aromatic heterocycles. The van der Waals surface area contributed by atoms with Gasteiger partial charge in [-0.15, -0.1) is 0 Å². The lowest BCUT2D eigenvalue weighted by atomic mass is 10.1. The van der Waals surface area contributed by atoms with Gasteiger partial charge in [0.25, 0.3) is 0 Å². The van der Waals surface area contributed by atoms with Gasteiger partial charge < -0.3 is 29.7 Å². The highest BCUT2D eigenvalue weighted by atomic mass is 16.5. The Morgan fingerprint density at radius 2 is 1.88 bits per heavy atom. The molecule has 0 saturated carbocycles. The van der Waals surface area contributed by atoms with Gasteiger partial charge in [-0.25, -0.2) is 15.0 Å². The van der Waals surface area contributed by atoms with Gasteiger partial charge in [0.15, 0.2) is 5.78 Å². The van der Waals surface area contributed by atoms with E-state index in [4.69, 9.17) is 9.72 Å². The molecule has 0 radical (unpaired) electrons. The lowest BCUT2D eigenvalue weighted by Crippen LogP contribution is -2.29. The summed E-state index contributed by atoms with van der Waals surface area (Å²) in [7, 11) is 9.44. The van der Waals surface area contributed by atoms with E-state index in [1.807, 2.05) is 62.1 Å². The van der Waals surface area contributed by atoms with Crippen molar-refractivity contribution >= 4 is 45.7 Å². The van der Waals surface area contributed by atoms with Crippen LogP contribution in [-0.4, -0.2) is 77.5 Å². The topological polar surface area (TPSA) is 118 Å². The maximum atomic E-state index is 12.4. The second kappa shape index (κ2) is 12.0. The van der Waals surface area contributed by atoms with Crippen LogP contribution in [0.25, 0.3) is 22.3 Å². The van der Waals surface area contributed by atoms with Gasteiger partial charge >= 0.3 is 0 Å². The van der Waals surface area contributed by atoms with Crippen LogP contribution in [0.5, 0.6) is 5.75 Å². The van der Waals surface area contributed by atoms with E-state index in [0.717, 1.165) is 29.8 Å². The van der Waals surface area contributed by atoms with Gasteiger partial charge in [-0.3, -0.25) is 9.59 Å². The highest BCUT2D eigenvalue weighted by molar-refractivity contribution is 6.02. The van der Waals surface area contributed by atoms with E-state index in [9.17, 15) is 9.59 Å². The molecule has 4 aromatic rings. The smallest absolute Gasteiger partial charge is 0.247 e. The fraction of sp³-hybridized carbons (Fsp3) is 0.276. The molecule has 0 spiro atoms. The van der Waals surface area contributed by atoms with E-state index in [-0.39, 0.29) is 17.6 Å². The highest BCUT2D eigenvalue weighted by Gasteiger charge is 2.19. The minimum atomic E-state index is -0.341. The summed E-state index contributed by atoms with van der Waals surface area (Å²) < 4.78 is 7.62. The van der Waals surface area contributed by atoms with Crippen molar-refractivity contribution < 1.29 is 14.3 Å². The number of ether oxygens (including phenoxy) is 1. The Morgan fingerprint density at radius 3 is 2.55 bits per heavy atom. The molecule has 0 aliphatic carbocycles. The van der Waals surface area contributed by atoms with Crippen molar-refractivity contribution in [3.05, 3.63) is 61.1 Å². The minimum Gasteiger partial charge on any atom is -0.494 e. The molecule has 11 heteroatoms. The Labute approximate surface area is 233 Å². The maximum absolute atomic E-state index is 12.4. The quantitative estimate of drug-likeness (QED) is 0.213. The number of carbonyl (C=O) groups is 2. The van der Waals surface area contributed by atoms with Crippen molar-refractivity contribution in [3.63, 3.8) is 0 Å². The standard InChI is InChI=1S/C29H34N8O3/c1-8-26(39)32-22-14-23(25(40-7)15-24(22)36(5)12-11-35(3)4)33-29-31-17-21(18(2)38)27(34-29)20-13-19-9-10-37(6)28(19)30-16-20/h8-10,13-17H,1,11-12H2,2-7H3,(H,32,39)(H,31,33,34). The summed E-state index contributed by atoms with van der Waals surface area (Å²) >= 11 is 0. The number of hydrogen-bond donors (Lipinski definition) is 2. The van der Waals surface area contributed by atoms with Crippen LogP contribution in [0.3, 0.4) is 0 Å². The number of Topliss-reactive ketones (excluding diaryl/α,β-unsaturated/α-hetero) is 1. The molecule has 0 bridgehead atoms. The van der Waals surface area contributed by atoms with E-state index in [2.05, 4.69) is 32.1 Å². The number of hydrogen-bond acceptors (Lipinski definition) is 9. The number of aromatic nitrogens is 4. The molecular weight excluding hydrogens is 508 g/mol. The molecule has 208 valence electrons. The van der Waals surface area contributed by atoms with Gasteiger partial charge in [-0.2, -0.15) is 0 Å². The summed E-state index contributed by atoms with van der Waals surface area (Å²) in [6, 6.07) is 7.51. The number of aryl methyl sites for hydroxylation is 1. The average molecular weight is 543 g/mol. The van der Waals surface area contributed by atoms with E-state index < -0.39 is 0 Å². The van der Waals surface area contributed by atoms with Crippen LogP contribution in [0.2, 0.25) is 0 Å². The van der Waals surface area contributed by atoms with E-state index in [1.54, 1.807) is 19.4 Å². The summed E-state index contributed by atoms with van der Waals surface area (Å²) in [5, 5.41) is 7.02. The second-order valence-corrected chi connectivity index (χ2v) is 9.69. The van der Waals surface area contributed by atoms with Crippen LogP contribution in [0.15, 0.2) is 55.5 Å². The number of pyridine rings is 1. The average Bonchev–Trinajstić information content (AvgIpc) is 3.31. The minimum absolute atomic E-state index is 0.160. The highest BCUT2D eigenvalue weighted by Crippen LogP contribution is 2.38. The molecule has 1 amide bonds. The number of nitrogens with zero attached hydrogens (tertiary/aromatic N) is 6. The molecule has 2 N–H and O–H groups in total. The number of ketones is 1. The molecule has 0 fully saturated rings. The Hall–Kier alpha value is -4.77. The van der Waals surface area contributed by atoms with Crippen LogP contribution in [0.4, 0.5) is 23.0 Å². The predicted molar refractivity (Wildman–Crippen MR) is 159 cm³/mol. The van der Waals surface area contributed by atoms with Crippen molar-refractivity contribution in [3.8, 4) is 17.0 Å². The SMILES string of the molecule is C=CC(=O)Nc1cc(Nc2ncc(C(C)=O)c(-c3cnc4c(ccn4C)c3)n2)c(OC)cc1N(C)CCN(C)C. The van der Waals surface area contributed by atoms with Gasteiger partial charge in [0, 0.05) is 62.8 Å². The molecule has 0 atom stereocenters. The molecule has 0 saturated heterocycles. The number of methoxy groups -OCH3 is 1. The van der Waals surface area contributed by atoms with Crippen molar-refractivity contribution in [1.82, 2.24) is 24.4 Å². The third-order valence-corrected chi connectivity index (χ3v) is 6.45. The van der Waals surface area contributed by atoms with Crippen LogP contribution in [-0.2, 0) is 11.8 Å². The summed E-state index contributed by atoms with van der Waals surface area (Å²) in [5.41, 5.74) is 4.23. The van der Waals surface area contributed by atoms with Crippen LogP contribution in [0.1, 0.15) is 17.3 Å². The largest absolute Gasteiger partial charge is 0.494 e. The summed E-state index contributed by atoms with van der Waals surface area (Å²) in [6.45, 7) is 6.59. The fourth-order valence-electron chi connectivity index (χ4n) is 4.23. The molecule has 4 rings (SSSR count). The molecule has 40 heavy (non-hydrogen) atoms. The van der Waals surface area contributed by atoms with Crippen molar-refractivity contribution in [2.75, 3.05) is 56.9 Å². The van der Waals surface area contributed by atoms with Crippen LogP contribution < -0.4 is 20.3 Å². The fourth-order valence-corrected chi connectivity index (χ4v) is 4.23. The lowest BCUT2D eigenvalue weighted by molar-refractivity contribution is -0.111. The summed E-state index contributed by atoms with van der Waals surface area (Å²) in [6.07, 6.45) is 6.34. The lowest BCUT2D eigenvalue weighted by Gasteiger charge is -2.26. The number of likely N-dealkylation sites (N-methyl/N-ethyl adjacent to an activating group) is 2. The number of fused-ring (bicyclic) bond motifs is 1. The molecule has 0 unspecified atom stereocenters. The maximum Gasteiger partial charge on any atom is 0.247 e. The number of nitrogens with one attached hydrogen (secondary N) is 2.